The molecule has 0 unspecified atom stereocenters. The Morgan fingerprint density at radius 1 is 0.893 bits per heavy atom. The van der Waals surface area contributed by atoms with Crippen LogP contribution in [0.3, 0.4) is 0 Å². The van der Waals surface area contributed by atoms with Gasteiger partial charge in [0.2, 0.25) is 0 Å². The molecule has 1 aromatic rings. The van der Waals surface area contributed by atoms with E-state index in [4.69, 9.17) is 0 Å². The lowest BCUT2D eigenvalue weighted by molar-refractivity contribution is 0.0305. The highest BCUT2D eigenvalue weighted by atomic mass is 16.2. The number of hydrogen-bond donors (Lipinski definition) is 0. The third kappa shape index (κ3) is 3.54. The molecule has 0 aromatic carbocycles. The largest absolute Gasteiger partial charge is 0.357 e. The fraction of sp³-hybridized carbons (Fsp3) is 0.739. The van der Waals surface area contributed by atoms with Crippen LogP contribution in [0, 0.1) is 5.41 Å². The van der Waals surface area contributed by atoms with E-state index in [0.29, 0.717) is 5.41 Å². The van der Waals surface area contributed by atoms with Crippen molar-refractivity contribution in [3.8, 4) is 0 Å². The number of amides is 1. The Kier molecular flexibility index (Phi) is 5.04. The minimum absolute atomic E-state index is 0.146. The molecule has 5 nitrogen and oxygen atoms in total. The SMILES string of the molecule is O=C(c1ccc(N2CCC3(CC2)CCN(C2CCC2)CC3)nc1)N1CCCC1. The van der Waals surface area contributed by atoms with Gasteiger partial charge in [-0.1, -0.05) is 6.42 Å². The summed E-state index contributed by atoms with van der Waals surface area (Å²) in [5.74, 6) is 1.19. The smallest absolute Gasteiger partial charge is 0.255 e. The van der Waals surface area contributed by atoms with E-state index >= 15 is 0 Å². The zero-order valence-corrected chi connectivity index (χ0v) is 17.1. The van der Waals surface area contributed by atoms with Gasteiger partial charge in [0, 0.05) is 38.4 Å². The van der Waals surface area contributed by atoms with Crippen LogP contribution in [-0.4, -0.2) is 66.0 Å². The first-order chi connectivity index (χ1) is 13.7. The van der Waals surface area contributed by atoms with Crippen molar-refractivity contribution in [2.75, 3.05) is 44.2 Å². The molecule has 1 saturated carbocycles. The quantitative estimate of drug-likeness (QED) is 0.801. The minimum atomic E-state index is 0.146. The molecule has 0 bridgehead atoms. The highest BCUT2D eigenvalue weighted by Crippen LogP contribution is 2.43. The fourth-order valence-corrected chi connectivity index (χ4v) is 5.63. The molecule has 3 aliphatic heterocycles. The van der Waals surface area contributed by atoms with Crippen molar-refractivity contribution in [1.82, 2.24) is 14.8 Å². The van der Waals surface area contributed by atoms with E-state index in [1.807, 2.05) is 11.0 Å². The number of pyridine rings is 1. The van der Waals surface area contributed by atoms with Gasteiger partial charge in [-0.25, -0.2) is 4.98 Å². The second-order valence-corrected chi connectivity index (χ2v) is 9.51. The van der Waals surface area contributed by atoms with Crippen LogP contribution in [0.1, 0.15) is 68.1 Å². The summed E-state index contributed by atoms with van der Waals surface area (Å²) in [6, 6.07) is 4.94. The summed E-state index contributed by atoms with van der Waals surface area (Å²) in [5, 5.41) is 0. The van der Waals surface area contributed by atoms with E-state index in [1.165, 1.54) is 58.0 Å². The molecule has 152 valence electrons. The molecule has 1 aromatic heterocycles. The average molecular weight is 383 g/mol. The molecule has 4 fully saturated rings. The van der Waals surface area contributed by atoms with Crippen LogP contribution >= 0.6 is 0 Å². The van der Waals surface area contributed by atoms with Crippen molar-refractivity contribution >= 4 is 11.7 Å². The number of rotatable bonds is 3. The molecule has 5 heteroatoms. The molecule has 28 heavy (non-hydrogen) atoms. The van der Waals surface area contributed by atoms with Gasteiger partial charge < -0.3 is 14.7 Å². The maximum Gasteiger partial charge on any atom is 0.255 e. The molecule has 1 spiro atoms. The van der Waals surface area contributed by atoms with E-state index in [2.05, 4.69) is 20.9 Å². The molecule has 1 amide bonds. The topological polar surface area (TPSA) is 39.7 Å². The maximum absolute atomic E-state index is 12.5. The molecule has 5 rings (SSSR count). The van der Waals surface area contributed by atoms with Crippen LogP contribution in [0.25, 0.3) is 0 Å². The first-order valence-electron chi connectivity index (χ1n) is 11.5. The highest BCUT2D eigenvalue weighted by molar-refractivity contribution is 5.94. The summed E-state index contributed by atoms with van der Waals surface area (Å²) in [6.45, 7) is 6.64. The monoisotopic (exact) mass is 382 g/mol. The second kappa shape index (κ2) is 7.66. The highest BCUT2D eigenvalue weighted by Gasteiger charge is 2.39. The number of carbonyl (C=O) groups is 1. The van der Waals surface area contributed by atoms with Gasteiger partial charge in [0.15, 0.2) is 0 Å². The summed E-state index contributed by atoms with van der Waals surface area (Å²) in [4.78, 5) is 24.3. The summed E-state index contributed by atoms with van der Waals surface area (Å²) >= 11 is 0. The summed E-state index contributed by atoms with van der Waals surface area (Å²) < 4.78 is 0. The van der Waals surface area contributed by atoms with Gasteiger partial charge in [-0.15, -0.1) is 0 Å². The zero-order chi connectivity index (χ0) is 19.0. The van der Waals surface area contributed by atoms with Crippen LogP contribution < -0.4 is 4.90 Å². The zero-order valence-electron chi connectivity index (χ0n) is 17.1. The van der Waals surface area contributed by atoms with Gasteiger partial charge in [0.1, 0.15) is 5.82 Å². The van der Waals surface area contributed by atoms with Crippen molar-refractivity contribution in [2.45, 2.75) is 63.8 Å². The molecule has 1 aliphatic carbocycles. The Bertz CT molecular complexity index is 675. The van der Waals surface area contributed by atoms with Gasteiger partial charge >= 0.3 is 0 Å². The lowest BCUT2D eigenvalue weighted by atomic mass is 9.70. The van der Waals surface area contributed by atoms with E-state index < -0.39 is 0 Å². The number of hydrogen-bond acceptors (Lipinski definition) is 4. The first-order valence-corrected chi connectivity index (χ1v) is 11.5. The van der Waals surface area contributed by atoms with E-state index in [1.54, 1.807) is 6.20 Å². The minimum Gasteiger partial charge on any atom is -0.357 e. The first kappa shape index (κ1) is 18.4. The summed E-state index contributed by atoms with van der Waals surface area (Å²) in [7, 11) is 0. The van der Waals surface area contributed by atoms with Crippen LogP contribution in [-0.2, 0) is 0 Å². The third-order valence-electron chi connectivity index (χ3n) is 7.99. The number of anilines is 1. The molecular formula is C23H34N4O. The molecule has 0 N–H and O–H groups in total. The maximum atomic E-state index is 12.5. The number of aromatic nitrogens is 1. The summed E-state index contributed by atoms with van der Waals surface area (Å²) in [5.41, 5.74) is 1.31. The third-order valence-corrected chi connectivity index (χ3v) is 7.99. The molecule has 0 radical (unpaired) electrons. The van der Waals surface area contributed by atoms with Crippen LogP contribution in [0.4, 0.5) is 5.82 Å². The predicted molar refractivity (Wildman–Crippen MR) is 112 cm³/mol. The van der Waals surface area contributed by atoms with Crippen molar-refractivity contribution in [1.29, 1.82) is 0 Å². The standard InChI is InChI=1S/C23H34N4O/c28-22(27-12-1-2-13-27)19-6-7-21(24-18-19)26-16-10-23(11-17-26)8-14-25(15-9-23)20-4-3-5-20/h6-7,18,20H,1-5,8-17H2. The molecule has 0 atom stereocenters. The van der Waals surface area contributed by atoms with Crippen molar-refractivity contribution < 1.29 is 4.79 Å². The Labute approximate surface area is 169 Å². The Morgan fingerprint density at radius 3 is 2.14 bits per heavy atom. The van der Waals surface area contributed by atoms with E-state index in [-0.39, 0.29) is 5.91 Å². The molecule has 4 heterocycles. The molecular weight excluding hydrogens is 348 g/mol. The Morgan fingerprint density at radius 2 is 1.57 bits per heavy atom. The normalized spacial score (nSPS) is 25.9. The molecule has 3 saturated heterocycles. The van der Waals surface area contributed by atoms with Gasteiger partial charge in [-0.2, -0.15) is 0 Å². The van der Waals surface area contributed by atoms with Crippen LogP contribution in [0.15, 0.2) is 18.3 Å². The van der Waals surface area contributed by atoms with Gasteiger partial charge in [-0.3, -0.25) is 4.79 Å². The lowest BCUT2D eigenvalue weighted by Crippen LogP contribution is -2.51. The fourth-order valence-electron chi connectivity index (χ4n) is 5.63. The number of likely N-dealkylation sites (tertiary alicyclic amines) is 2. The van der Waals surface area contributed by atoms with E-state index in [0.717, 1.165) is 56.4 Å². The van der Waals surface area contributed by atoms with Gasteiger partial charge in [0.05, 0.1) is 5.56 Å². The van der Waals surface area contributed by atoms with Crippen molar-refractivity contribution in [2.24, 2.45) is 5.41 Å². The summed E-state index contributed by atoms with van der Waals surface area (Å²) in [6.07, 6.45) is 13.7. The number of carbonyl (C=O) groups excluding carboxylic acids is 1. The van der Waals surface area contributed by atoms with Crippen LogP contribution in [0.5, 0.6) is 0 Å². The predicted octanol–water partition coefficient (Wildman–Crippen LogP) is 3.55. The Hall–Kier alpha value is -1.62. The second-order valence-electron chi connectivity index (χ2n) is 9.51. The Balaban J connectivity index is 1.15. The van der Waals surface area contributed by atoms with Crippen molar-refractivity contribution in [3.05, 3.63) is 23.9 Å². The van der Waals surface area contributed by atoms with Gasteiger partial charge in [-0.05, 0) is 82.0 Å². The lowest BCUT2D eigenvalue weighted by Gasteiger charge is -2.50. The number of nitrogens with zero attached hydrogens (tertiary/aromatic N) is 4. The molecule has 4 aliphatic rings. The number of piperidine rings is 2. The van der Waals surface area contributed by atoms with Crippen molar-refractivity contribution in [3.63, 3.8) is 0 Å². The average Bonchev–Trinajstić information content (AvgIpc) is 3.24. The van der Waals surface area contributed by atoms with Gasteiger partial charge in [0.25, 0.3) is 5.91 Å². The van der Waals surface area contributed by atoms with Crippen LogP contribution in [0.2, 0.25) is 0 Å². The van der Waals surface area contributed by atoms with E-state index in [9.17, 15) is 4.79 Å².